The van der Waals surface area contributed by atoms with Crippen LogP contribution in [0.5, 0.6) is 0 Å². The van der Waals surface area contributed by atoms with Gasteiger partial charge in [-0.25, -0.2) is 0 Å². The van der Waals surface area contributed by atoms with Crippen LogP contribution in [0, 0.1) is 10.1 Å². The molecule has 94 valence electrons. The lowest BCUT2D eigenvalue weighted by Gasteiger charge is -2.11. The van der Waals surface area contributed by atoms with Crippen molar-refractivity contribution in [2.45, 2.75) is 6.10 Å². The Morgan fingerprint density at radius 2 is 2.06 bits per heavy atom. The minimum atomic E-state index is -0.735. The topological polar surface area (TPSA) is 75.4 Å². The third kappa shape index (κ3) is 3.89. The van der Waals surface area contributed by atoms with Crippen molar-refractivity contribution in [2.75, 3.05) is 17.7 Å². The number of rotatable bonds is 5. The highest BCUT2D eigenvalue weighted by Crippen LogP contribution is 2.33. The third-order valence-corrected chi connectivity index (χ3v) is 2.91. The Hall–Kier alpha value is -0.750. The van der Waals surface area contributed by atoms with Gasteiger partial charge in [0.15, 0.2) is 0 Å². The first-order valence-electron chi connectivity index (χ1n) is 4.57. The van der Waals surface area contributed by atoms with E-state index in [0.29, 0.717) is 5.69 Å². The molecule has 0 heterocycles. The largest absolute Gasteiger partial charge is 0.390 e. The molecule has 1 aromatic carbocycles. The van der Waals surface area contributed by atoms with Crippen LogP contribution in [0.1, 0.15) is 0 Å². The summed E-state index contributed by atoms with van der Waals surface area (Å²) in [5.41, 5.74) is 0.145. The minimum absolute atomic E-state index is 0.0257. The number of anilines is 1. The minimum Gasteiger partial charge on any atom is -0.390 e. The monoisotopic (exact) mass is 298 g/mol. The molecule has 5 nitrogen and oxygen atoms in total. The Morgan fingerprint density at radius 1 is 1.41 bits per heavy atom. The zero-order valence-corrected chi connectivity index (χ0v) is 10.8. The average molecular weight is 300 g/mol. The molecular weight excluding hydrogens is 290 g/mol. The van der Waals surface area contributed by atoms with E-state index in [2.05, 4.69) is 5.32 Å². The van der Waals surface area contributed by atoms with Crippen LogP contribution in [0.4, 0.5) is 11.4 Å². The number of aliphatic hydroxyl groups excluding tert-OH is 1. The molecule has 0 saturated carbocycles. The van der Waals surface area contributed by atoms with Crippen LogP contribution in [0.2, 0.25) is 10.0 Å². The Morgan fingerprint density at radius 3 is 2.59 bits per heavy atom. The number of nitro groups is 1. The van der Waals surface area contributed by atoms with Gasteiger partial charge in [0.2, 0.25) is 0 Å². The standard InChI is InChI=1S/C9H9Cl3N2O3/c10-3-5(15)4-13-8-1-7(12)9(14(16)17)2-6(8)11/h1-2,5,13,15H,3-4H2. The lowest BCUT2D eigenvalue weighted by atomic mass is 10.2. The fourth-order valence-corrected chi connectivity index (χ4v) is 1.66. The zero-order valence-electron chi connectivity index (χ0n) is 8.49. The van der Waals surface area contributed by atoms with Gasteiger partial charge in [-0.15, -0.1) is 11.6 Å². The fraction of sp³-hybridized carbons (Fsp3) is 0.333. The van der Waals surface area contributed by atoms with Crippen molar-refractivity contribution < 1.29 is 10.0 Å². The molecule has 0 aliphatic rings. The summed E-state index contributed by atoms with van der Waals surface area (Å²) >= 11 is 17.0. The molecule has 0 aromatic heterocycles. The third-order valence-electron chi connectivity index (χ3n) is 1.94. The molecule has 0 spiro atoms. The van der Waals surface area contributed by atoms with E-state index in [1.165, 1.54) is 6.07 Å². The predicted octanol–water partition coefficient (Wildman–Crippen LogP) is 2.91. The molecule has 1 aromatic rings. The Labute approximate surface area is 112 Å². The molecule has 0 aliphatic heterocycles. The maximum atomic E-state index is 10.6. The van der Waals surface area contributed by atoms with Gasteiger partial charge >= 0.3 is 0 Å². The SMILES string of the molecule is O=[N+]([O-])c1cc(Cl)c(NCC(O)CCl)cc1Cl. The lowest BCUT2D eigenvalue weighted by molar-refractivity contribution is -0.384. The Kier molecular flexibility index (Phi) is 5.27. The smallest absolute Gasteiger partial charge is 0.289 e. The molecule has 0 amide bonds. The second kappa shape index (κ2) is 6.26. The molecule has 17 heavy (non-hydrogen) atoms. The van der Waals surface area contributed by atoms with E-state index in [0.717, 1.165) is 6.07 Å². The molecule has 0 saturated heterocycles. The van der Waals surface area contributed by atoms with E-state index in [1.807, 2.05) is 0 Å². The molecule has 1 rings (SSSR count). The summed E-state index contributed by atoms with van der Waals surface area (Å²) in [6.45, 7) is 0.178. The molecule has 0 fully saturated rings. The average Bonchev–Trinajstić information content (AvgIpc) is 2.28. The van der Waals surface area contributed by atoms with Crippen molar-refractivity contribution in [3.8, 4) is 0 Å². The highest BCUT2D eigenvalue weighted by Gasteiger charge is 2.16. The molecule has 0 radical (unpaired) electrons. The van der Waals surface area contributed by atoms with Gasteiger partial charge in [-0.05, 0) is 6.07 Å². The molecule has 0 bridgehead atoms. The van der Waals surface area contributed by atoms with Crippen LogP contribution < -0.4 is 5.32 Å². The van der Waals surface area contributed by atoms with Crippen molar-refractivity contribution >= 4 is 46.2 Å². The van der Waals surface area contributed by atoms with E-state index in [9.17, 15) is 15.2 Å². The van der Waals surface area contributed by atoms with Gasteiger partial charge in [0.25, 0.3) is 5.69 Å². The summed E-state index contributed by atoms with van der Waals surface area (Å²) in [4.78, 5) is 9.96. The van der Waals surface area contributed by atoms with Crippen molar-refractivity contribution in [3.63, 3.8) is 0 Å². The Bertz CT molecular complexity index is 428. The van der Waals surface area contributed by atoms with Gasteiger partial charge in [0, 0.05) is 12.6 Å². The van der Waals surface area contributed by atoms with E-state index in [4.69, 9.17) is 34.8 Å². The summed E-state index contributed by atoms with van der Waals surface area (Å²) in [7, 11) is 0. The quantitative estimate of drug-likeness (QED) is 0.498. The van der Waals surface area contributed by atoms with Crippen LogP contribution in [-0.4, -0.2) is 28.6 Å². The van der Waals surface area contributed by atoms with E-state index < -0.39 is 11.0 Å². The molecule has 8 heteroatoms. The first kappa shape index (κ1) is 14.3. The normalized spacial score (nSPS) is 12.2. The number of hydrogen-bond acceptors (Lipinski definition) is 4. The highest BCUT2D eigenvalue weighted by molar-refractivity contribution is 6.36. The van der Waals surface area contributed by atoms with Crippen LogP contribution in [-0.2, 0) is 0 Å². The summed E-state index contributed by atoms with van der Waals surface area (Å²) in [5, 5.41) is 22.8. The van der Waals surface area contributed by atoms with Crippen molar-refractivity contribution in [3.05, 3.63) is 32.3 Å². The van der Waals surface area contributed by atoms with E-state index in [1.54, 1.807) is 0 Å². The fourth-order valence-electron chi connectivity index (χ4n) is 1.09. The second-order valence-electron chi connectivity index (χ2n) is 3.23. The van der Waals surface area contributed by atoms with E-state index in [-0.39, 0.29) is 28.2 Å². The second-order valence-corrected chi connectivity index (χ2v) is 4.35. The summed E-state index contributed by atoms with van der Waals surface area (Å²) < 4.78 is 0. The number of hydrogen-bond donors (Lipinski definition) is 2. The van der Waals surface area contributed by atoms with Crippen molar-refractivity contribution in [2.24, 2.45) is 0 Å². The maximum absolute atomic E-state index is 10.6. The summed E-state index contributed by atoms with van der Waals surface area (Å²) in [5.74, 6) is 0.0747. The zero-order chi connectivity index (χ0) is 13.0. The van der Waals surface area contributed by atoms with Gasteiger partial charge in [0.1, 0.15) is 5.02 Å². The molecule has 1 atom stereocenters. The van der Waals surface area contributed by atoms with Crippen LogP contribution in [0.15, 0.2) is 12.1 Å². The number of alkyl halides is 1. The molecule has 2 N–H and O–H groups in total. The van der Waals surface area contributed by atoms with Crippen LogP contribution >= 0.6 is 34.8 Å². The number of halogens is 3. The molecular formula is C9H9Cl3N2O3. The number of nitrogens with one attached hydrogen (secondary N) is 1. The van der Waals surface area contributed by atoms with Crippen LogP contribution in [0.25, 0.3) is 0 Å². The van der Waals surface area contributed by atoms with E-state index >= 15 is 0 Å². The molecule has 0 aliphatic carbocycles. The molecule has 1 unspecified atom stereocenters. The Balaban J connectivity index is 2.88. The number of nitro benzene ring substituents is 1. The first-order chi connectivity index (χ1) is 7.95. The van der Waals surface area contributed by atoms with Crippen molar-refractivity contribution in [1.82, 2.24) is 0 Å². The summed E-state index contributed by atoms with van der Waals surface area (Å²) in [6.07, 6.45) is -0.735. The highest BCUT2D eigenvalue weighted by atomic mass is 35.5. The number of aliphatic hydroxyl groups is 1. The lowest BCUT2D eigenvalue weighted by Crippen LogP contribution is -2.20. The maximum Gasteiger partial charge on any atom is 0.289 e. The number of nitrogens with zero attached hydrogens (tertiary/aromatic N) is 1. The van der Waals surface area contributed by atoms with Gasteiger partial charge in [0.05, 0.1) is 27.6 Å². The first-order valence-corrected chi connectivity index (χ1v) is 5.86. The van der Waals surface area contributed by atoms with Gasteiger partial charge < -0.3 is 10.4 Å². The van der Waals surface area contributed by atoms with Gasteiger partial charge in [-0.3, -0.25) is 10.1 Å². The summed E-state index contributed by atoms with van der Waals surface area (Å²) in [6, 6.07) is 2.49. The van der Waals surface area contributed by atoms with Crippen molar-refractivity contribution in [1.29, 1.82) is 0 Å². The van der Waals surface area contributed by atoms with Crippen LogP contribution in [0.3, 0.4) is 0 Å². The van der Waals surface area contributed by atoms with Gasteiger partial charge in [-0.2, -0.15) is 0 Å². The predicted molar refractivity (Wildman–Crippen MR) is 68.3 cm³/mol. The number of benzene rings is 1. The van der Waals surface area contributed by atoms with Gasteiger partial charge in [-0.1, -0.05) is 23.2 Å².